The first kappa shape index (κ1) is 13.0. The molecule has 0 aromatic rings. The molecule has 0 radical (unpaired) electrons. The van der Waals surface area contributed by atoms with Crippen molar-refractivity contribution in [3.05, 3.63) is 0 Å². The minimum Gasteiger partial charge on any atom is -0.539 e. The molecule has 1 rings (SSSR count). The van der Waals surface area contributed by atoms with Crippen LogP contribution in [0.3, 0.4) is 0 Å². The van der Waals surface area contributed by atoms with Gasteiger partial charge in [-0.1, -0.05) is 26.2 Å². The summed E-state index contributed by atoms with van der Waals surface area (Å²) in [6.07, 6.45) is 7.67. The lowest BCUT2D eigenvalue weighted by molar-refractivity contribution is -0.305. The van der Waals surface area contributed by atoms with Gasteiger partial charge < -0.3 is 14.6 Å². The molecule has 92 valence electrons. The summed E-state index contributed by atoms with van der Waals surface area (Å²) in [5.74, 6) is -2.96. The molecule has 1 saturated carbocycles. The molecule has 1 aliphatic rings. The van der Waals surface area contributed by atoms with Gasteiger partial charge in [-0.25, -0.2) is 4.79 Å². The van der Waals surface area contributed by atoms with Crippen molar-refractivity contribution < 1.29 is 19.4 Å². The van der Waals surface area contributed by atoms with Crippen molar-refractivity contribution in [1.29, 1.82) is 0 Å². The summed E-state index contributed by atoms with van der Waals surface area (Å²) >= 11 is 0. The van der Waals surface area contributed by atoms with Crippen LogP contribution in [0.15, 0.2) is 0 Å². The summed E-state index contributed by atoms with van der Waals surface area (Å²) < 4.78 is 5.12. The topological polar surface area (TPSA) is 66.4 Å². The highest BCUT2D eigenvalue weighted by molar-refractivity contribution is 6.27. The van der Waals surface area contributed by atoms with Gasteiger partial charge in [0.1, 0.15) is 5.60 Å². The summed E-state index contributed by atoms with van der Waals surface area (Å²) in [4.78, 5) is 21.5. The number of esters is 1. The molecule has 4 heteroatoms. The third-order valence-electron chi connectivity index (χ3n) is 3.38. The van der Waals surface area contributed by atoms with Gasteiger partial charge in [0.15, 0.2) is 5.97 Å². The minimum atomic E-state index is -1.74. The van der Waals surface area contributed by atoms with Crippen molar-refractivity contribution in [2.24, 2.45) is 0 Å². The van der Waals surface area contributed by atoms with E-state index in [0.29, 0.717) is 6.42 Å². The van der Waals surface area contributed by atoms with Crippen molar-refractivity contribution in [2.45, 2.75) is 63.9 Å². The molecule has 0 aromatic carbocycles. The number of rotatable bonds is 2. The van der Waals surface area contributed by atoms with E-state index in [1.54, 1.807) is 0 Å². The zero-order chi connectivity index (χ0) is 12.0. The van der Waals surface area contributed by atoms with E-state index in [1.807, 2.05) is 6.92 Å². The largest absolute Gasteiger partial charge is 0.539 e. The van der Waals surface area contributed by atoms with Crippen LogP contribution in [-0.2, 0) is 14.3 Å². The summed E-state index contributed by atoms with van der Waals surface area (Å²) in [5, 5.41) is 10.4. The van der Waals surface area contributed by atoms with Crippen LogP contribution in [0.4, 0.5) is 0 Å². The Bertz CT molecular complexity index is 252. The van der Waals surface area contributed by atoms with E-state index < -0.39 is 17.5 Å². The average Bonchev–Trinajstić information content (AvgIpc) is 2.22. The first-order valence-corrected chi connectivity index (χ1v) is 6.04. The maximum absolute atomic E-state index is 11.1. The fourth-order valence-corrected chi connectivity index (χ4v) is 2.32. The monoisotopic (exact) mass is 227 g/mol. The van der Waals surface area contributed by atoms with Crippen LogP contribution in [-0.4, -0.2) is 17.5 Å². The third-order valence-corrected chi connectivity index (χ3v) is 3.38. The molecule has 4 nitrogen and oxygen atoms in total. The Morgan fingerprint density at radius 3 is 2.06 bits per heavy atom. The average molecular weight is 227 g/mol. The van der Waals surface area contributed by atoms with Crippen molar-refractivity contribution in [1.82, 2.24) is 0 Å². The van der Waals surface area contributed by atoms with Crippen molar-refractivity contribution >= 4 is 11.9 Å². The van der Waals surface area contributed by atoms with Crippen LogP contribution >= 0.6 is 0 Å². The van der Waals surface area contributed by atoms with Crippen LogP contribution in [0, 0.1) is 0 Å². The van der Waals surface area contributed by atoms with Gasteiger partial charge in [-0.05, 0) is 32.1 Å². The Morgan fingerprint density at radius 2 is 1.62 bits per heavy atom. The number of carbonyl (C=O) groups is 2. The number of hydrogen-bond acceptors (Lipinski definition) is 4. The molecule has 0 N–H and O–H groups in total. The molecule has 1 fully saturated rings. The van der Waals surface area contributed by atoms with E-state index in [-0.39, 0.29) is 0 Å². The fraction of sp³-hybridized carbons (Fsp3) is 0.833. The van der Waals surface area contributed by atoms with E-state index in [2.05, 4.69) is 0 Å². The minimum absolute atomic E-state index is 0.572. The molecule has 1 aliphatic carbocycles. The molecule has 0 heterocycles. The predicted molar refractivity (Wildman–Crippen MR) is 56.4 cm³/mol. The first-order valence-electron chi connectivity index (χ1n) is 6.04. The molecular weight excluding hydrogens is 208 g/mol. The van der Waals surface area contributed by atoms with Gasteiger partial charge >= 0.3 is 5.97 Å². The highest BCUT2D eigenvalue weighted by Crippen LogP contribution is 2.32. The van der Waals surface area contributed by atoms with Gasteiger partial charge in [0.2, 0.25) is 0 Å². The van der Waals surface area contributed by atoms with E-state index in [9.17, 15) is 14.7 Å². The second kappa shape index (κ2) is 5.87. The molecule has 0 atom stereocenters. The lowest BCUT2D eigenvalue weighted by Crippen LogP contribution is -2.42. The van der Waals surface area contributed by atoms with E-state index in [0.717, 1.165) is 38.5 Å². The van der Waals surface area contributed by atoms with Gasteiger partial charge in [0.05, 0.1) is 0 Å². The maximum Gasteiger partial charge on any atom is 0.354 e. The summed E-state index contributed by atoms with van der Waals surface area (Å²) in [5.41, 5.74) is -0.572. The zero-order valence-corrected chi connectivity index (χ0v) is 9.79. The molecule has 0 amide bonds. The Morgan fingerprint density at radius 1 is 1.12 bits per heavy atom. The second-order valence-corrected chi connectivity index (χ2v) is 4.48. The van der Waals surface area contributed by atoms with Crippen molar-refractivity contribution in [2.75, 3.05) is 0 Å². The number of carboxylic acids is 1. The molecule has 16 heavy (non-hydrogen) atoms. The molecular formula is C12H19O4-. The Kier molecular flexibility index (Phi) is 4.77. The van der Waals surface area contributed by atoms with Crippen LogP contribution in [0.2, 0.25) is 0 Å². The molecule has 0 bridgehead atoms. The van der Waals surface area contributed by atoms with Crippen LogP contribution in [0.25, 0.3) is 0 Å². The van der Waals surface area contributed by atoms with E-state index >= 15 is 0 Å². The lowest BCUT2D eigenvalue weighted by Gasteiger charge is -2.34. The number of carboxylic acid groups (broad SMARTS) is 1. The Labute approximate surface area is 96.0 Å². The quantitative estimate of drug-likeness (QED) is 0.524. The molecule has 0 spiro atoms. The van der Waals surface area contributed by atoms with Crippen LogP contribution in [0.5, 0.6) is 0 Å². The van der Waals surface area contributed by atoms with Crippen molar-refractivity contribution in [3.63, 3.8) is 0 Å². The van der Waals surface area contributed by atoms with Crippen LogP contribution < -0.4 is 5.11 Å². The molecule has 0 saturated heterocycles. The van der Waals surface area contributed by atoms with E-state index in [1.165, 1.54) is 6.42 Å². The number of hydrogen-bond donors (Lipinski definition) is 0. The summed E-state index contributed by atoms with van der Waals surface area (Å²) in [6.45, 7) is 1.93. The normalized spacial score (nSPS) is 20.6. The van der Waals surface area contributed by atoms with Crippen molar-refractivity contribution in [3.8, 4) is 0 Å². The van der Waals surface area contributed by atoms with Crippen LogP contribution in [0.1, 0.15) is 58.3 Å². The SMILES string of the molecule is CCC1(OC(=O)C(=O)[O-])CCCCCCC1. The smallest absolute Gasteiger partial charge is 0.354 e. The summed E-state index contributed by atoms with van der Waals surface area (Å²) in [6, 6.07) is 0. The Balaban J connectivity index is 2.65. The predicted octanol–water partition coefficient (Wildman–Crippen LogP) is 1.17. The van der Waals surface area contributed by atoms with Gasteiger partial charge in [-0.3, -0.25) is 0 Å². The summed E-state index contributed by atoms with van der Waals surface area (Å²) in [7, 11) is 0. The standard InChI is InChI=1S/C12H20O4/c1-2-12(16-11(15)10(13)14)8-6-4-3-5-7-9-12/h2-9H2,1H3,(H,13,14)/p-1. The Hall–Kier alpha value is -1.06. The van der Waals surface area contributed by atoms with Gasteiger partial charge in [-0.2, -0.15) is 0 Å². The highest BCUT2D eigenvalue weighted by atomic mass is 16.6. The third kappa shape index (κ3) is 3.51. The maximum atomic E-state index is 11.1. The van der Waals surface area contributed by atoms with Gasteiger partial charge in [0.25, 0.3) is 0 Å². The zero-order valence-electron chi connectivity index (χ0n) is 9.79. The number of ether oxygens (including phenoxy) is 1. The molecule has 0 aromatic heterocycles. The first-order chi connectivity index (χ1) is 7.59. The molecule has 0 aliphatic heterocycles. The second-order valence-electron chi connectivity index (χ2n) is 4.48. The van der Waals surface area contributed by atoms with Gasteiger partial charge in [-0.15, -0.1) is 0 Å². The van der Waals surface area contributed by atoms with E-state index in [4.69, 9.17) is 4.74 Å². The fourth-order valence-electron chi connectivity index (χ4n) is 2.32. The molecule has 0 unspecified atom stereocenters. The number of aliphatic carboxylic acids is 1. The lowest BCUT2D eigenvalue weighted by atomic mass is 9.85. The van der Waals surface area contributed by atoms with Gasteiger partial charge in [0, 0.05) is 0 Å². The number of carbonyl (C=O) groups excluding carboxylic acids is 2. The highest BCUT2D eigenvalue weighted by Gasteiger charge is 2.32.